The summed E-state index contributed by atoms with van der Waals surface area (Å²) in [6.45, 7) is 12.7. The highest BCUT2D eigenvalue weighted by atomic mass is 16.8. The van der Waals surface area contributed by atoms with Gasteiger partial charge in [0, 0.05) is 11.8 Å². The third-order valence-corrected chi connectivity index (χ3v) is 24.1. The third kappa shape index (κ3) is 12.8. The summed E-state index contributed by atoms with van der Waals surface area (Å²) in [5, 5.41) is 156. The Bertz CT molecular complexity index is 2720. The second kappa shape index (κ2) is 26.5. The van der Waals surface area contributed by atoms with E-state index >= 15 is 4.79 Å². The second-order valence-electron chi connectivity index (χ2n) is 30.9. The Labute approximate surface area is 539 Å². The topological polar surface area (TPSA) is 445 Å². The molecule has 530 valence electrons. The Balaban J connectivity index is 0.879. The number of carbonyl (C=O) groups is 3. The fourth-order valence-corrected chi connectivity index (χ4v) is 18.7. The van der Waals surface area contributed by atoms with Crippen molar-refractivity contribution in [3.05, 3.63) is 11.6 Å². The molecule has 0 bridgehead atoms. The summed E-state index contributed by atoms with van der Waals surface area (Å²) >= 11 is 0. The Morgan fingerprint density at radius 3 is 1.97 bits per heavy atom. The number of esters is 2. The molecule has 93 heavy (non-hydrogen) atoms. The minimum absolute atomic E-state index is 0.147. The van der Waals surface area contributed by atoms with Gasteiger partial charge in [-0.2, -0.15) is 0 Å². The lowest BCUT2D eigenvalue weighted by Crippen LogP contribution is -2.70. The smallest absolute Gasteiger partial charge is 0.315 e. The molecule has 4 saturated carbocycles. The lowest BCUT2D eigenvalue weighted by molar-refractivity contribution is -0.378. The van der Waals surface area contributed by atoms with E-state index in [2.05, 4.69) is 40.7 Å². The van der Waals surface area contributed by atoms with Gasteiger partial charge in [0.25, 0.3) is 0 Å². The van der Waals surface area contributed by atoms with Crippen molar-refractivity contribution in [1.82, 2.24) is 0 Å². The van der Waals surface area contributed by atoms with Gasteiger partial charge >= 0.3 is 11.9 Å². The maximum absolute atomic E-state index is 15.6. The molecule has 11 rings (SSSR count). The van der Waals surface area contributed by atoms with E-state index < -0.39 is 244 Å². The third-order valence-electron chi connectivity index (χ3n) is 24.1. The highest BCUT2D eigenvalue weighted by molar-refractivity contribution is 5.82. The number of allylic oxidation sites excluding steroid dienone is 2. The summed E-state index contributed by atoms with van der Waals surface area (Å²) in [5.41, 5.74) is -5.27. The van der Waals surface area contributed by atoms with Crippen molar-refractivity contribution in [2.45, 2.75) is 279 Å². The first kappa shape index (κ1) is 71.7. The van der Waals surface area contributed by atoms with Crippen LogP contribution in [-0.4, -0.2) is 282 Å². The molecule has 0 amide bonds. The minimum atomic E-state index is -1.99. The molecule has 0 aromatic carbocycles. The zero-order valence-electron chi connectivity index (χ0n) is 54.1. The van der Waals surface area contributed by atoms with Crippen molar-refractivity contribution in [3.8, 4) is 0 Å². The van der Waals surface area contributed by atoms with Crippen LogP contribution < -0.4 is 0 Å². The van der Waals surface area contributed by atoms with Gasteiger partial charge in [-0.3, -0.25) is 14.4 Å². The van der Waals surface area contributed by atoms with Crippen LogP contribution in [0.25, 0.3) is 0 Å². The number of ether oxygens (including phenoxy) is 12. The molecule has 6 saturated heterocycles. The van der Waals surface area contributed by atoms with Crippen LogP contribution in [-0.2, 0) is 71.2 Å². The molecule has 29 nitrogen and oxygen atoms in total. The van der Waals surface area contributed by atoms with E-state index in [1.165, 1.54) is 13.8 Å². The lowest BCUT2D eigenvalue weighted by atomic mass is 9.33. The molecule has 9 unspecified atom stereocenters. The van der Waals surface area contributed by atoms with Gasteiger partial charge in [-0.15, -0.1) is 0 Å². The van der Waals surface area contributed by atoms with Gasteiger partial charge < -0.3 is 128 Å². The quantitative estimate of drug-likeness (QED) is 0.0704. The minimum Gasteiger partial charge on any atom is -0.454 e. The van der Waals surface area contributed by atoms with E-state index in [1.807, 2.05) is 6.92 Å². The van der Waals surface area contributed by atoms with Gasteiger partial charge in [0.15, 0.2) is 43.2 Å². The zero-order chi connectivity index (χ0) is 67.6. The molecule has 0 radical (unpaired) electrons. The van der Waals surface area contributed by atoms with E-state index in [-0.39, 0.29) is 36.2 Å². The Kier molecular flexibility index (Phi) is 20.4. The zero-order valence-corrected chi connectivity index (χ0v) is 54.1. The van der Waals surface area contributed by atoms with E-state index in [1.54, 1.807) is 0 Å². The first-order valence-corrected chi connectivity index (χ1v) is 33.0. The van der Waals surface area contributed by atoms with Crippen LogP contribution in [0.4, 0.5) is 0 Å². The van der Waals surface area contributed by atoms with E-state index in [4.69, 9.17) is 56.8 Å². The molecule has 0 aromatic rings. The van der Waals surface area contributed by atoms with Crippen LogP contribution in [0.3, 0.4) is 0 Å². The number of aliphatic hydroxyl groups is 14. The number of carbonyl (C=O) groups excluding carboxylic acids is 3. The monoisotopic (exact) mass is 1330 g/mol. The molecular formula is C64H100O29. The van der Waals surface area contributed by atoms with Crippen molar-refractivity contribution < 1.29 is 143 Å². The number of rotatable bonds is 7. The fraction of sp³-hybridized carbons (Fsp3) is 0.922. The molecule has 10 fully saturated rings. The predicted octanol–water partition coefficient (Wildman–Crippen LogP) is -2.63. The van der Waals surface area contributed by atoms with Gasteiger partial charge in [0.1, 0.15) is 92.1 Å². The van der Waals surface area contributed by atoms with Crippen molar-refractivity contribution >= 4 is 17.7 Å². The normalized spacial score (nSPS) is 53.9. The Morgan fingerprint density at radius 1 is 0.602 bits per heavy atom. The van der Waals surface area contributed by atoms with Crippen LogP contribution in [0.2, 0.25) is 0 Å². The molecule has 0 spiro atoms. The van der Waals surface area contributed by atoms with Gasteiger partial charge in [-0.25, -0.2) is 0 Å². The average Bonchev–Trinajstić information content (AvgIpc) is 0.676. The van der Waals surface area contributed by atoms with Crippen LogP contribution in [0.1, 0.15) is 126 Å². The standard InChI is InChI=1S/C64H100O29/c1-27-39(72)47(89-52-45(78)40(73)32(68)23-83-52)46(79)53(86-27)90-49-42(75)34(70)25-85-55(49)93-57(80)64-15-13-58(2,3)18-30(64)29-9-10-37-60(5)19-31(67)51-61(6,36(60)11-12-63(37,8)62(29,7)14-16-64)26-82-22-28(66)17-59(4,81)20-38(71)88-48-41(74)33(69)24-84-54(48)91-50-44(77)43(76)35(21-65)87-56(50)92-51/h9,27,30-37,39-56,65,67-70,72-79,81H,10-26H2,1-8H3/t27?,30-,31-,32+,33-,34-,35?,36?,37?,39-,40+,41+,42+,43+,44+,45?,46?,47-,48?,49?,50?,51-,52-,53-,54-,55-,56-,59+,60-,61-,62+,63+,64-/m0/s1. The van der Waals surface area contributed by atoms with Crippen LogP contribution >= 0.6 is 0 Å². The van der Waals surface area contributed by atoms with Gasteiger partial charge in [0.2, 0.25) is 6.29 Å². The SMILES string of the molecule is CC1O[C@@H](OC2[C@H](OC(=O)[C@]34CCC(C)(C)C[C@H]3C3=CCC5[C@@]6(C)C[C@H](O)[C@@H]7O[C@@H]8OC(CO)[C@@H](O)[C@@H](O)C8O[C@@H]8OC[C@H](O)[C@@H](O)C8OC(=O)C[C@](C)(O)CC(=O)COC[C@@]7(C)C6CC[C@@]5(C)[C@]3(C)CC4)OC[C@H](O)[C@H]2O)C(O)[C@@H](O[C@@H]2OC[C@@H](O)[C@@H](O)C2O)[C@H]1O. The van der Waals surface area contributed by atoms with Gasteiger partial charge in [0.05, 0.1) is 68.8 Å². The number of ketones is 1. The highest BCUT2D eigenvalue weighted by Crippen LogP contribution is 2.76. The maximum atomic E-state index is 15.6. The largest absolute Gasteiger partial charge is 0.454 e. The number of hydrogen-bond donors (Lipinski definition) is 14. The molecule has 6 heterocycles. The van der Waals surface area contributed by atoms with Gasteiger partial charge in [-0.1, -0.05) is 53.2 Å². The first-order chi connectivity index (χ1) is 43.5. The molecule has 33 atom stereocenters. The van der Waals surface area contributed by atoms with Crippen molar-refractivity contribution in [3.63, 3.8) is 0 Å². The fourth-order valence-electron chi connectivity index (χ4n) is 18.7. The van der Waals surface area contributed by atoms with Gasteiger partial charge in [-0.05, 0) is 111 Å². The molecule has 11 aliphatic rings. The summed E-state index contributed by atoms with van der Waals surface area (Å²) in [4.78, 5) is 42.8. The summed E-state index contributed by atoms with van der Waals surface area (Å²) < 4.78 is 72.6. The maximum Gasteiger partial charge on any atom is 0.315 e. The molecular weight excluding hydrogens is 1230 g/mol. The Morgan fingerprint density at radius 2 is 1.26 bits per heavy atom. The van der Waals surface area contributed by atoms with E-state index in [9.17, 15) is 81.1 Å². The van der Waals surface area contributed by atoms with Crippen molar-refractivity contribution in [2.24, 2.45) is 50.2 Å². The average molecular weight is 1330 g/mol. The summed E-state index contributed by atoms with van der Waals surface area (Å²) in [5.74, 6) is -3.17. The summed E-state index contributed by atoms with van der Waals surface area (Å²) in [6, 6.07) is 0. The van der Waals surface area contributed by atoms with Crippen LogP contribution in [0, 0.1) is 50.2 Å². The molecule has 29 heteroatoms. The van der Waals surface area contributed by atoms with E-state index in [0.717, 1.165) is 5.57 Å². The lowest BCUT2D eigenvalue weighted by Gasteiger charge is -2.72. The van der Waals surface area contributed by atoms with Crippen molar-refractivity contribution in [2.75, 3.05) is 39.6 Å². The summed E-state index contributed by atoms with van der Waals surface area (Å²) in [6.07, 6.45) is -33.7. The predicted molar refractivity (Wildman–Crippen MR) is 311 cm³/mol. The first-order valence-electron chi connectivity index (χ1n) is 33.0. The molecule has 5 aliphatic carbocycles. The molecule has 14 N–H and O–H groups in total. The summed E-state index contributed by atoms with van der Waals surface area (Å²) in [7, 11) is 0. The number of Topliss-reactive ketones (excluding diaryl/α,β-unsaturated/α-hetero) is 1. The van der Waals surface area contributed by atoms with E-state index in [0.29, 0.717) is 51.4 Å². The highest BCUT2D eigenvalue weighted by Gasteiger charge is 2.72. The van der Waals surface area contributed by atoms with Crippen LogP contribution in [0.15, 0.2) is 11.6 Å². The number of fused-ring (bicyclic) bond motifs is 11. The second-order valence-corrected chi connectivity index (χ2v) is 30.9. The number of aliphatic hydroxyl groups excluding tert-OH is 13. The molecule has 6 aliphatic heterocycles. The number of hydrogen-bond acceptors (Lipinski definition) is 29. The Hall–Kier alpha value is -2.61. The molecule has 0 aromatic heterocycles. The van der Waals surface area contributed by atoms with Crippen molar-refractivity contribution in [1.29, 1.82) is 0 Å². The van der Waals surface area contributed by atoms with Crippen LogP contribution in [0.5, 0.6) is 0 Å².